The highest BCUT2D eigenvalue weighted by Crippen LogP contribution is 2.24. The van der Waals surface area contributed by atoms with E-state index in [4.69, 9.17) is 4.74 Å². The molecule has 0 spiro atoms. The van der Waals surface area contributed by atoms with Gasteiger partial charge in [-0.05, 0) is 53.4 Å². The summed E-state index contributed by atoms with van der Waals surface area (Å²) in [4.78, 5) is 40.2. The first-order valence-electron chi connectivity index (χ1n) is 13.9. The van der Waals surface area contributed by atoms with Crippen molar-refractivity contribution in [2.24, 2.45) is 0 Å². The van der Waals surface area contributed by atoms with Crippen molar-refractivity contribution >= 4 is 40.4 Å². The van der Waals surface area contributed by atoms with Crippen molar-refractivity contribution < 1.29 is 28.6 Å². The molecule has 0 unspecified atom stereocenters. The highest BCUT2D eigenvalue weighted by molar-refractivity contribution is 7.12. The van der Waals surface area contributed by atoms with Gasteiger partial charge in [0.05, 0.1) is 17.1 Å². The Morgan fingerprint density at radius 1 is 0.841 bits per heavy atom. The van der Waals surface area contributed by atoms with Crippen LogP contribution in [0.2, 0.25) is 0 Å². The number of rotatable bonds is 13. The van der Waals surface area contributed by atoms with E-state index in [2.05, 4.69) is 5.32 Å². The monoisotopic (exact) mass is 608 g/mol. The van der Waals surface area contributed by atoms with Gasteiger partial charge in [0.25, 0.3) is 5.91 Å². The summed E-state index contributed by atoms with van der Waals surface area (Å²) in [6, 6.07) is 31.2. The minimum Gasteiger partial charge on any atom is -0.492 e. The van der Waals surface area contributed by atoms with Crippen molar-refractivity contribution in [2.45, 2.75) is 12.5 Å². The van der Waals surface area contributed by atoms with Crippen LogP contribution >= 0.6 is 11.3 Å². The maximum atomic E-state index is 14.6. The Hall–Kier alpha value is -5.28. The highest BCUT2D eigenvalue weighted by Gasteiger charge is 2.23. The van der Waals surface area contributed by atoms with Crippen molar-refractivity contribution in [2.75, 3.05) is 23.4 Å². The summed E-state index contributed by atoms with van der Waals surface area (Å²) < 4.78 is 20.4. The van der Waals surface area contributed by atoms with Crippen molar-refractivity contribution in [3.8, 4) is 5.75 Å². The van der Waals surface area contributed by atoms with Crippen molar-refractivity contribution in [1.82, 2.24) is 0 Å². The molecule has 0 saturated heterocycles. The van der Waals surface area contributed by atoms with E-state index in [1.165, 1.54) is 22.3 Å². The lowest BCUT2D eigenvalue weighted by molar-refractivity contribution is -0.137. The quantitative estimate of drug-likeness (QED) is 0.141. The van der Waals surface area contributed by atoms with Gasteiger partial charge in [-0.1, -0.05) is 72.8 Å². The number of nitrogens with zero attached hydrogens (tertiary/aromatic N) is 1. The Bertz CT molecular complexity index is 1730. The van der Waals surface area contributed by atoms with Gasteiger partial charge in [-0.15, -0.1) is 11.3 Å². The van der Waals surface area contributed by atoms with Crippen molar-refractivity contribution in [3.63, 3.8) is 0 Å². The predicted molar refractivity (Wildman–Crippen MR) is 169 cm³/mol. The van der Waals surface area contributed by atoms with E-state index in [0.29, 0.717) is 27.4 Å². The Morgan fingerprint density at radius 2 is 1.55 bits per heavy atom. The molecule has 0 aliphatic rings. The second-order valence-corrected chi connectivity index (χ2v) is 10.8. The summed E-state index contributed by atoms with van der Waals surface area (Å²) in [5.74, 6) is -1.57. The van der Waals surface area contributed by atoms with E-state index in [0.717, 1.165) is 5.56 Å². The number of carboxylic acids is 1. The summed E-state index contributed by atoms with van der Waals surface area (Å²) in [6.45, 7) is 0.224. The largest absolute Gasteiger partial charge is 0.492 e. The van der Waals surface area contributed by atoms with E-state index in [1.54, 1.807) is 109 Å². The zero-order chi connectivity index (χ0) is 30.9. The first-order chi connectivity index (χ1) is 21.4. The number of ether oxygens (including phenoxy) is 1. The first kappa shape index (κ1) is 30.2. The molecule has 0 aliphatic heterocycles. The molecule has 222 valence electrons. The Kier molecular flexibility index (Phi) is 9.78. The number of aliphatic carboxylic acids is 1. The molecular weight excluding hydrogens is 579 g/mol. The topological polar surface area (TPSA) is 95.9 Å². The first-order valence-corrected chi connectivity index (χ1v) is 14.8. The third-order valence-electron chi connectivity index (χ3n) is 6.90. The van der Waals surface area contributed by atoms with Crippen molar-refractivity contribution in [3.05, 3.63) is 148 Å². The fourth-order valence-corrected chi connectivity index (χ4v) is 5.36. The molecule has 0 saturated carbocycles. The molecule has 0 fully saturated rings. The van der Waals surface area contributed by atoms with Gasteiger partial charge in [-0.25, -0.2) is 9.18 Å². The summed E-state index contributed by atoms with van der Waals surface area (Å²) in [5, 5.41) is 14.8. The standard InChI is InChI=1S/C35H29FN2O5S/c36-28-12-5-7-14-31(28)38(34(40)32-15-8-22-44-32)20-21-43-26-18-16-24(17-19-26)23-30(35(41)42)37-29-13-6-4-11-27(29)33(39)25-9-2-1-3-10-25/h1-19,22,30,37H,20-21,23H2,(H,41,42)/t30-/m0/s1. The van der Waals surface area contributed by atoms with Crippen LogP contribution in [0.4, 0.5) is 15.8 Å². The normalized spacial score (nSPS) is 11.4. The van der Waals surface area contributed by atoms with Crippen LogP contribution in [0.15, 0.2) is 121 Å². The van der Waals surface area contributed by atoms with Gasteiger partial charge in [0.2, 0.25) is 0 Å². The van der Waals surface area contributed by atoms with Gasteiger partial charge in [0.15, 0.2) is 5.78 Å². The number of ketones is 1. The predicted octanol–water partition coefficient (Wildman–Crippen LogP) is 6.95. The minimum atomic E-state index is -1.06. The maximum absolute atomic E-state index is 14.6. The molecule has 1 atom stereocenters. The number of thiophene rings is 1. The Labute approximate surface area is 258 Å². The van der Waals surface area contributed by atoms with E-state index in [1.807, 2.05) is 6.07 Å². The van der Waals surface area contributed by atoms with Gasteiger partial charge in [-0.3, -0.25) is 9.59 Å². The fourth-order valence-electron chi connectivity index (χ4n) is 4.69. The number of amides is 1. The molecule has 2 N–H and O–H groups in total. The van der Waals surface area contributed by atoms with Gasteiger partial charge in [0, 0.05) is 23.2 Å². The fraction of sp³-hybridized carbons (Fsp3) is 0.114. The Balaban J connectivity index is 1.23. The van der Waals surface area contributed by atoms with Crippen molar-refractivity contribution in [1.29, 1.82) is 0 Å². The number of nitrogens with one attached hydrogen (secondary N) is 1. The molecular formula is C35H29FN2O5S. The average Bonchev–Trinajstić information content (AvgIpc) is 3.59. The number of para-hydroxylation sites is 2. The third-order valence-corrected chi connectivity index (χ3v) is 7.76. The highest BCUT2D eigenvalue weighted by atomic mass is 32.1. The molecule has 1 amide bonds. The van der Waals surface area contributed by atoms with Crippen LogP contribution in [0.5, 0.6) is 5.75 Å². The number of halogens is 1. The molecule has 0 bridgehead atoms. The number of hydrogen-bond acceptors (Lipinski definition) is 6. The number of carbonyl (C=O) groups excluding carboxylic acids is 2. The summed E-state index contributed by atoms with van der Waals surface area (Å²) >= 11 is 1.28. The van der Waals surface area contributed by atoms with Crippen LogP contribution in [-0.4, -0.2) is 42.0 Å². The van der Waals surface area contributed by atoms with E-state index >= 15 is 0 Å². The molecule has 0 radical (unpaired) electrons. The summed E-state index contributed by atoms with van der Waals surface area (Å²) in [6.07, 6.45) is 0.153. The number of anilines is 2. The van der Waals surface area contributed by atoms with Gasteiger partial charge >= 0.3 is 5.97 Å². The lowest BCUT2D eigenvalue weighted by Crippen LogP contribution is -2.35. The number of hydrogen-bond donors (Lipinski definition) is 2. The molecule has 1 aromatic heterocycles. The molecule has 1 heterocycles. The Morgan fingerprint density at radius 3 is 2.25 bits per heavy atom. The van der Waals surface area contributed by atoms with Gasteiger partial charge in [-0.2, -0.15) is 0 Å². The van der Waals surface area contributed by atoms with Crippen LogP contribution in [-0.2, 0) is 11.2 Å². The lowest BCUT2D eigenvalue weighted by atomic mass is 10.00. The molecule has 9 heteroatoms. The van der Waals surface area contributed by atoms with Gasteiger partial charge < -0.3 is 20.1 Å². The summed E-state index contributed by atoms with van der Waals surface area (Å²) in [5.41, 5.74) is 2.24. The molecule has 0 aliphatic carbocycles. The second-order valence-electron chi connectivity index (χ2n) is 9.86. The molecule has 5 rings (SSSR count). The van der Waals surface area contributed by atoms with Crippen LogP contribution in [0.1, 0.15) is 31.2 Å². The molecule has 5 aromatic rings. The SMILES string of the molecule is O=C(c1ccccc1)c1ccccc1N[C@@H](Cc1ccc(OCCN(C(=O)c2cccs2)c2ccccc2F)cc1)C(=O)O. The van der Waals surface area contributed by atoms with Crippen LogP contribution in [0.25, 0.3) is 0 Å². The minimum absolute atomic E-state index is 0.107. The number of carboxylic acid groups (broad SMARTS) is 1. The lowest BCUT2D eigenvalue weighted by Gasteiger charge is -2.23. The zero-order valence-corrected chi connectivity index (χ0v) is 24.4. The number of benzene rings is 4. The molecule has 4 aromatic carbocycles. The van der Waals surface area contributed by atoms with E-state index in [-0.39, 0.29) is 37.0 Å². The zero-order valence-electron chi connectivity index (χ0n) is 23.6. The van der Waals surface area contributed by atoms with Gasteiger partial charge in [0.1, 0.15) is 24.2 Å². The van der Waals surface area contributed by atoms with Crippen LogP contribution < -0.4 is 15.0 Å². The van der Waals surface area contributed by atoms with E-state index < -0.39 is 17.8 Å². The number of carbonyl (C=O) groups is 3. The summed E-state index contributed by atoms with van der Waals surface area (Å²) in [7, 11) is 0. The molecule has 7 nitrogen and oxygen atoms in total. The van der Waals surface area contributed by atoms with Crippen LogP contribution in [0, 0.1) is 5.82 Å². The maximum Gasteiger partial charge on any atom is 0.326 e. The second kappa shape index (κ2) is 14.3. The third kappa shape index (κ3) is 7.37. The molecule has 44 heavy (non-hydrogen) atoms. The van der Waals surface area contributed by atoms with Crippen LogP contribution in [0.3, 0.4) is 0 Å². The van der Waals surface area contributed by atoms with E-state index in [9.17, 15) is 23.9 Å². The smallest absolute Gasteiger partial charge is 0.326 e. The average molecular weight is 609 g/mol.